The molecule has 0 bridgehead atoms. The number of hydrogen-bond donors (Lipinski definition) is 2. The van der Waals surface area contributed by atoms with Gasteiger partial charge in [-0.15, -0.1) is 0 Å². The maximum atomic E-state index is 13.0. The van der Waals surface area contributed by atoms with Gasteiger partial charge in [0.05, 0.1) is 0 Å². The zero-order valence-electron chi connectivity index (χ0n) is 19.6. The van der Waals surface area contributed by atoms with E-state index in [1.165, 1.54) is 0 Å². The van der Waals surface area contributed by atoms with Crippen LogP contribution in [0.2, 0.25) is 0 Å². The van der Waals surface area contributed by atoms with Gasteiger partial charge in [-0.2, -0.15) is 0 Å². The molecule has 0 saturated carbocycles. The van der Waals surface area contributed by atoms with Gasteiger partial charge < -0.3 is 15.5 Å². The molecule has 0 radical (unpaired) electrons. The molecule has 1 aliphatic heterocycles. The van der Waals surface area contributed by atoms with Crippen molar-refractivity contribution in [3.8, 4) is 0 Å². The first-order chi connectivity index (χ1) is 16.0. The minimum absolute atomic E-state index is 0.0140. The molecule has 33 heavy (non-hydrogen) atoms. The van der Waals surface area contributed by atoms with Crippen molar-refractivity contribution in [1.29, 1.82) is 0 Å². The van der Waals surface area contributed by atoms with Crippen molar-refractivity contribution in [3.63, 3.8) is 0 Å². The molecule has 0 spiro atoms. The number of piperidine rings is 1. The Balaban J connectivity index is 1.59. The second-order valence-electron chi connectivity index (χ2n) is 8.84. The summed E-state index contributed by atoms with van der Waals surface area (Å²) in [5.41, 5.74) is 1.69. The number of rotatable bonds is 9. The van der Waals surface area contributed by atoms with Crippen LogP contribution in [0.4, 0.5) is 0 Å². The Hall–Kier alpha value is -3.15. The Morgan fingerprint density at radius 3 is 2.15 bits per heavy atom. The summed E-state index contributed by atoms with van der Waals surface area (Å²) < 4.78 is 0. The molecule has 0 aliphatic carbocycles. The summed E-state index contributed by atoms with van der Waals surface area (Å²) >= 11 is 0. The highest BCUT2D eigenvalue weighted by Crippen LogP contribution is 2.23. The van der Waals surface area contributed by atoms with E-state index in [0.29, 0.717) is 37.9 Å². The second-order valence-corrected chi connectivity index (χ2v) is 8.84. The van der Waals surface area contributed by atoms with Crippen molar-refractivity contribution >= 4 is 17.7 Å². The molecule has 6 heteroatoms. The summed E-state index contributed by atoms with van der Waals surface area (Å²) in [4.78, 5) is 40.4. The van der Waals surface area contributed by atoms with E-state index in [9.17, 15) is 14.4 Å². The predicted octanol–water partition coefficient (Wildman–Crippen LogP) is 3.57. The lowest BCUT2D eigenvalue weighted by atomic mass is 9.88. The summed E-state index contributed by atoms with van der Waals surface area (Å²) in [7, 11) is 0. The number of likely N-dealkylation sites (tertiary alicyclic amines) is 1. The molecule has 3 amide bonds. The first kappa shape index (κ1) is 24.5. The van der Waals surface area contributed by atoms with Gasteiger partial charge in [-0.05, 0) is 56.2 Å². The van der Waals surface area contributed by atoms with Gasteiger partial charge in [0.15, 0.2) is 0 Å². The lowest BCUT2D eigenvalue weighted by Gasteiger charge is -2.36. The quantitative estimate of drug-likeness (QED) is 0.614. The number of carbonyl (C=O) groups excluding carboxylic acids is 3. The van der Waals surface area contributed by atoms with Crippen molar-refractivity contribution in [3.05, 3.63) is 71.8 Å². The number of benzene rings is 2. The Bertz CT molecular complexity index is 909. The maximum Gasteiger partial charge on any atom is 0.251 e. The van der Waals surface area contributed by atoms with E-state index in [4.69, 9.17) is 0 Å². The van der Waals surface area contributed by atoms with E-state index < -0.39 is 6.04 Å². The van der Waals surface area contributed by atoms with E-state index >= 15 is 0 Å². The monoisotopic (exact) mass is 449 g/mol. The topological polar surface area (TPSA) is 78.5 Å². The van der Waals surface area contributed by atoms with Crippen LogP contribution in [-0.2, 0) is 16.0 Å². The summed E-state index contributed by atoms with van der Waals surface area (Å²) in [5.74, 6) is -0.269. The SMILES string of the molecule is CC[C@@H](C)NC(=O)[C@H](NC(=O)c1ccccc1)C1CCN(C(=O)CCc2ccccc2)CC1. The minimum Gasteiger partial charge on any atom is -0.352 e. The van der Waals surface area contributed by atoms with Gasteiger partial charge in [-0.25, -0.2) is 0 Å². The Kier molecular flexibility index (Phi) is 9.04. The van der Waals surface area contributed by atoms with Crippen LogP contribution in [0.25, 0.3) is 0 Å². The molecule has 1 fully saturated rings. The second kappa shape index (κ2) is 12.2. The summed E-state index contributed by atoms with van der Waals surface area (Å²) in [5, 5.41) is 5.99. The Labute approximate surface area is 196 Å². The van der Waals surface area contributed by atoms with Crippen molar-refractivity contribution in [2.45, 2.75) is 58.0 Å². The fraction of sp³-hybridized carbons (Fsp3) is 0.444. The highest BCUT2D eigenvalue weighted by molar-refractivity contribution is 5.97. The molecule has 176 valence electrons. The fourth-order valence-corrected chi connectivity index (χ4v) is 4.18. The highest BCUT2D eigenvalue weighted by atomic mass is 16.2. The molecule has 3 rings (SSSR count). The number of carbonyl (C=O) groups is 3. The molecule has 2 atom stereocenters. The third kappa shape index (κ3) is 7.17. The van der Waals surface area contributed by atoms with Crippen molar-refractivity contribution in [2.24, 2.45) is 5.92 Å². The first-order valence-electron chi connectivity index (χ1n) is 12.0. The molecular formula is C27H35N3O3. The maximum absolute atomic E-state index is 13.0. The lowest BCUT2D eigenvalue weighted by Crippen LogP contribution is -2.55. The van der Waals surface area contributed by atoms with Gasteiger partial charge in [0.25, 0.3) is 5.91 Å². The number of hydrogen-bond acceptors (Lipinski definition) is 3. The average Bonchev–Trinajstić information content (AvgIpc) is 2.86. The van der Waals surface area contributed by atoms with Crippen LogP contribution in [0.1, 0.15) is 55.5 Å². The standard InChI is InChI=1S/C27H35N3O3/c1-3-20(2)28-27(33)25(29-26(32)23-12-8-5-9-13-23)22-16-18-30(19-17-22)24(31)15-14-21-10-6-4-7-11-21/h4-13,20,22,25H,3,14-19H2,1-2H3,(H,28,33)(H,29,32)/t20-,25-/m1/s1. The van der Waals surface area contributed by atoms with Crippen LogP contribution in [0, 0.1) is 5.92 Å². The van der Waals surface area contributed by atoms with Gasteiger partial charge in [0.2, 0.25) is 11.8 Å². The van der Waals surface area contributed by atoms with Gasteiger partial charge in [-0.3, -0.25) is 14.4 Å². The summed E-state index contributed by atoms with van der Waals surface area (Å²) in [6.45, 7) is 5.18. The molecule has 1 heterocycles. The van der Waals surface area contributed by atoms with Crippen LogP contribution >= 0.6 is 0 Å². The van der Waals surface area contributed by atoms with Crippen LogP contribution < -0.4 is 10.6 Å². The van der Waals surface area contributed by atoms with E-state index in [1.54, 1.807) is 12.1 Å². The molecule has 1 aliphatic rings. The van der Waals surface area contributed by atoms with E-state index in [1.807, 2.05) is 67.3 Å². The predicted molar refractivity (Wildman–Crippen MR) is 130 cm³/mol. The van der Waals surface area contributed by atoms with Crippen LogP contribution in [-0.4, -0.2) is 47.8 Å². The molecule has 0 unspecified atom stereocenters. The van der Waals surface area contributed by atoms with E-state index in [-0.39, 0.29) is 29.7 Å². The third-order valence-corrected chi connectivity index (χ3v) is 6.44. The Morgan fingerprint density at radius 1 is 0.939 bits per heavy atom. The normalized spacial score (nSPS) is 16.0. The molecule has 6 nitrogen and oxygen atoms in total. The van der Waals surface area contributed by atoms with Crippen LogP contribution in [0.15, 0.2) is 60.7 Å². The smallest absolute Gasteiger partial charge is 0.251 e. The largest absolute Gasteiger partial charge is 0.352 e. The highest BCUT2D eigenvalue weighted by Gasteiger charge is 2.34. The van der Waals surface area contributed by atoms with Crippen LogP contribution in [0.3, 0.4) is 0 Å². The Morgan fingerprint density at radius 2 is 1.55 bits per heavy atom. The molecule has 1 saturated heterocycles. The average molecular weight is 450 g/mol. The van der Waals surface area contributed by atoms with E-state index in [2.05, 4.69) is 10.6 Å². The van der Waals surface area contributed by atoms with Crippen molar-refractivity contribution in [2.75, 3.05) is 13.1 Å². The number of aryl methyl sites for hydroxylation is 1. The zero-order chi connectivity index (χ0) is 23.6. The van der Waals surface area contributed by atoms with Crippen molar-refractivity contribution in [1.82, 2.24) is 15.5 Å². The fourth-order valence-electron chi connectivity index (χ4n) is 4.18. The zero-order valence-corrected chi connectivity index (χ0v) is 19.6. The van der Waals surface area contributed by atoms with Gasteiger partial charge in [-0.1, -0.05) is 55.5 Å². The summed E-state index contributed by atoms with van der Waals surface area (Å²) in [6.07, 6.45) is 3.40. The van der Waals surface area contributed by atoms with Crippen LogP contribution in [0.5, 0.6) is 0 Å². The molecule has 2 aromatic carbocycles. The molecule has 0 aromatic heterocycles. The minimum atomic E-state index is -0.617. The number of nitrogens with zero attached hydrogens (tertiary/aromatic N) is 1. The number of amides is 3. The molecular weight excluding hydrogens is 414 g/mol. The van der Waals surface area contributed by atoms with Gasteiger partial charge in [0.1, 0.15) is 6.04 Å². The molecule has 2 N–H and O–H groups in total. The first-order valence-corrected chi connectivity index (χ1v) is 12.0. The number of nitrogens with one attached hydrogen (secondary N) is 2. The third-order valence-electron chi connectivity index (χ3n) is 6.44. The molecule has 2 aromatic rings. The lowest BCUT2D eigenvalue weighted by molar-refractivity contribution is -0.133. The van der Waals surface area contributed by atoms with Crippen molar-refractivity contribution < 1.29 is 14.4 Å². The summed E-state index contributed by atoms with van der Waals surface area (Å²) in [6, 6.07) is 18.4. The van der Waals surface area contributed by atoms with E-state index in [0.717, 1.165) is 18.4 Å². The van der Waals surface area contributed by atoms with Gasteiger partial charge in [0, 0.05) is 31.1 Å². The van der Waals surface area contributed by atoms with Gasteiger partial charge >= 0.3 is 0 Å².